The minimum Gasteiger partial charge on any atom is -0.492 e. The van der Waals surface area contributed by atoms with Gasteiger partial charge in [0.2, 0.25) is 0 Å². The Labute approximate surface area is 214 Å². The number of nitrogens with two attached hydrogens (primary N) is 1. The van der Waals surface area contributed by atoms with Crippen molar-refractivity contribution in [3.8, 4) is 23.1 Å². The number of piperazine rings is 1. The molecule has 0 aliphatic carbocycles. The van der Waals surface area contributed by atoms with Crippen LogP contribution in [0.3, 0.4) is 0 Å². The molecule has 0 atom stereocenters. The maximum absolute atomic E-state index is 14.0. The molecular formula is C26H31FN8O2. The van der Waals surface area contributed by atoms with E-state index in [4.69, 9.17) is 15.2 Å². The van der Waals surface area contributed by atoms with Crippen molar-refractivity contribution in [2.75, 3.05) is 58.7 Å². The molecule has 0 unspecified atom stereocenters. The lowest BCUT2D eigenvalue weighted by atomic mass is 10.2. The normalized spacial score (nSPS) is 14.8. The van der Waals surface area contributed by atoms with E-state index in [1.54, 1.807) is 6.20 Å². The number of hydrogen-bond donors (Lipinski definition) is 1. The molecule has 0 bridgehead atoms. The van der Waals surface area contributed by atoms with Gasteiger partial charge in [0.25, 0.3) is 0 Å². The Hall–Kier alpha value is -3.83. The molecule has 0 radical (unpaired) electrons. The van der Waals surface area contributed by atoms with E-state index in [9.17, 15) is 4.39 Å². The zero-order valence-electron chi connectivity index (χ0n) is 21.1. The molecule has 4 aromatic rings. The Morgan fingerprint density at radius 3 is 2.51 bits per heavy atom. The highest BCUT2D eigenvalue weighted by Gasteiger charge is 2.20. The van der Waals surface area contributed by atoms with Crippen LogP contribution in [-0.2, 0) is 6.54 Å². The molecule has 2 N–H and O–H groups in total. The number of anilines is 1. The van der Waals surface area contributed by atoms with Gasteiger partial charge in [-0.25, -0.2) is 9.37 Å². The van der Waals surface area contributed by atoms with Crippen LogP contribution in [0.4, 0.5) is 10.2 Å². The number of likely N-dealkylation sites (N-methyl/N-ethyl adjacent to an activating group) is 1. The fourth-order valence-corrected chi connectivity index (χ4v) is 4.34. The summed E-state index contributed by atoms with van der Waals surface area (Å²) in [5.41, 5.74) is 8.61. The molecule has 0 spiro atoms. The first kappa shape index (κ1) is 24.8. The lowest BCUT2D eigenvalue weighted by molar-refractivity contribution is 0.133. The number of halogens is 1. The Morgan fingerprint density at radius 2 is 1.78 bits per heavy atom. The van der Waals surface area contributed by atoms with Crippen molar-refractivity contribution in [2.45, 2.75) is 13.5 Å². The van der Waals surface area contributed by atoms with Crippen LogP contribution in [0, 0.1) is 5.82 Å². The Bertz CT molecular complexity index is 1350. The molecule has 3 aromatic heterocycles. The second kappa shape index (κ2) is 11.1. The van der Waals surface area contributed by atoms with Gasteiger partial charge in [0.15, 0.2) is 17.0 Å². The maximum Gasteiger partial charge on any atom is 0.320 e. The fourth-order valence-electron chi connectivity index (χ4n) is 4.34. The van der Waals surface area contributed by atoms with Gasteiger partial charge in [-0.05, 0) is 37.7 Å². The highest BCUT2D eigenvalue weighted by Crippen LogP contribution is 2.29. The predicted octanol–water partition coefficient (Wildman–Crippen LogP) is 2.68. The molecule has 1 aromatic carbocycles. The fraction of sp³-hybridized carbons (Fsp3) is 0.385. The number of nitrogens with zero attached hydrogens (tertiary/aromatic N) is 7. The van der Waals surface area contributed by atoms with Crippen LogP contribution in [-0.4, -0.2) is 87.3 Å². The summed E-state index contributed by atoms with van der Waals surface area (Å²) in [6, 6.07) is 9.46. The third-order valence-electron chi connectivity index (χ3n) is 6.37. The first-order valence-corrected chi connectivity index (χ1v) is 12.4. The van der Waals surface area contributed by atoms with Crippen LogP contribution in [0.2, 0.25) is 0 Å². The van der Waals surface area contributed by atoms with Crippen molar-refractivity contribution in [3.63, 3.8) is 0 Å². The number of pyridine rings is 1. The van der Waals surface area contributed by atoms with Crippen molar-refractivity contribution >= 4 is 17.0 Å². The number of rotatable bonds is 9. The highest BCUT2D eigenvalue weighted by atomic mass is 19.1. The van der Waals surface area contributed by atoms with Crippen molar-refractivity contribution in [1.29, 1.82) is 0 Å². The third kappa shape index (κ3) is 5.78. The summed E-state index contributed by atoms with van der Waals surface area (Å²) < 4.78 is 27.4. The average molecular weight is 507 g/mol. The molecule has 1 aliphatic heterocycles. The molecule has 1 saturated heterocycles. The molecule has 194 valence electrons. The molecule has 10 nitrogen and oxygen atoms in total. The number of fused-ring (bicyclic) bond motifs is 1. The van der Waals surface area contributed by atoms with Crippen molar-refractivity contribution in [3.05, 3.63) is 54.1 Å². The Balaban J connectivity index is 1.37. The monoisotopic (exact) mass is 506 g/mol. The molecular weight excluding hydrogens is 475 g/mol. The third-order valence-corrected chi connectivity index (χ3v) is 6.37. The summed E-state index contributed by atoms with van der Waals surface area (Å²) in [7, 11) is 2.15. The molecule has 5 rings (SSSR count). The summed E-state index contributed by atoms with van der Waals surface area (Å²) in [4.78, 5) is 22.1. The summed E-state index contributed by atoms with van der Waals surface area (Å²) >= 11 is 0. The molecule has 4 heterocycles. The highest BCUT2D eigenvalue weighted by molar-refractivity contribution is 5.85. The zero-order valence-corrected chi connectivity index (χ0v) is 21.1. The number of ether oxygens (including phenoxy) is 2. The van der Waals surface area contributed by atoms with Crippen LogP contribution < -0.4 is 15.2 Å². The summed E-state index contributed by atoms with van der Waals surface area (Å²) in [5.74, 6) is 1.04. The minimum absolute atomic E-state index is 0.168. The van der Waals surface area contributed by atoms with Gasteiger partial charge in [-0.1, -0.05) is 12.1 Å². The molecule has 0 amide bonds. The predicted molar refractivity (Wildman–Crippen MR) is 139 cm³/mol. The molecule has 11 heteroatoms. The van der Waals surface area contributed by atoms with E-state index in [0.717, 1.165) is 50.2 Å². The van der Waals surface area contributed by atoms with Crippen LogP contribution in [0.15, 0.2) is 42.7 Å². The van der Waals surface area contributed by atoms with E-state index in [2.05, 4.69) is 36.8 Å². The zero-order chi connectivity index (χ0) is 25.8. The van der Waals surface area contributed by atoms with Gasteiger partial charge in [-0.15, -0.1) is 0 Å². The van der Waals surface area contributed by atoms with E-state index in [1.807, 2.05) is 35.8 Å². The summed E-state index contributed by atoms with van der Waals surface area (Å²) in [6.45, 7) is 8.54. The Kier molecular flexibility index (Phi) is 7.42. The Morgan fingerprint density at radius 1 is 1.00 bits per heavy atom. The molecule has 37 heavy (non-hydrogen) atoms. The second-order valence-electron chi connectivity index (χ2n) is 9.05. The molecule has 1 aliphatic rings. The number of aromatic nitrogens is 5. The standard InChI is InChI=1S/C26H31FN8O2/c1-3-36-26-31-23(28)22-25(32-26)35(24(30-22)19-14-20(27)16-29-15-19)17-18-4-6-21(7-5-18)37-13-12-34-10-8-33(2)9-11-34/h4-7,14-16H,3,8-13,17H2,1-2H3,(H2,28,31,32). The smallest absolute Gasteiger partial charge is 0.320 e. The van der Waals surface area contributed by atoms with Gasteiger partial charge in [-0.2, -0.15) is 9.97 Å². The van der Waals surface area contributed by atoms with Gasteiger partial charge in [0.05, 0.1) is 19.3 Å². The second-order valence-corrected chi connectivity index (χ2v) is 9.05. The van der Waals surface area contributed by atoms with Crippen LogP contribution >= 0.6 is 0 Å². The van der Waals surface area contributed by atoms with Gasteiger partial charge >= 0.3 is 6.01 Å². The SMILES string of the molecule is CCOc1nc(N)c2nc(-c3cncc(F)c3)n(Cc3ccc(OCCN4CCN(C)CC4)cc3)c2n1. The van der Waals surface area contributed by atoms with Gasteiger partial charge in [0.1, 0.15) is 24.0 Å². The number of benzene rings is 1. The number of imidazole rings is 1. The number of nitrogen functional groups attached to an aromatic ring is 1. The quantitative estimate of drug-likeness (QED) is 0.367. The van der Waals surface area contributed by atoms with Gasteiger partial charge in [-0.3, -0.25) is 9.88 Å². The van der Waals surface area contributed by atoms with E-state index < -0.39 is 5.82 Å². The van der Waals surface area contributed by atoms with Crippen LogP contribution in [0.5, 0.6) is 11.8 Å². The van der Waals surface area contributed by atoms with Crippen molar-refractivity contribution in [1.82, 2.24) is 34.3 Å². The van der Waals surface area contributed by atoms with E-state index in [-0.39, 0.29) is 11.8 Å². The summed E-state index contributed by atoms with van der Waals surface area (Å²) in [6.07, 6.45) is 2.71. The van der Waals surface area contributed by atoms with Gasteiger partial charge < -0.3 is 24.7 Å². The van der Waals surface area contributed by atoms with E-state index >= 15 is 0 Å². The van der Waals surface area contributed by atoms with E-state index in [1.165, 1.54) is 6.07 Å². The first-order valence-electron chi connectivity index (χ1n) is 12.4. The first-order chi connectivity index (χ1) is 18.0. The number of hydrogen-bond acceptors (Lipinski definition) is 9. The van der Waals surface area contributed by atoms with Gasteiger partial charge in [0, 0.05) is 44.5 Å². The largest absolute Gasteiger partial charge is 0.492 e. The topological polar surface area (TPSA) is 107 Å². The van der Waals surface area contributed by atoms with E-state index in [0.29, 0.717) is 42.3 Å². The van der Waals surface area contributed by atoms with Crippen LogP contribution in [0.25, 0.3) is 22.6 Å². The lowest BCUT2D eigenvalue weighted by Gasteiger charge is -2.32. The molecule has 1 fully saturated rings. The lowest BCUT2D eigenvalue weighted by Crippen LogP contribution is -2.45. The maximum atomic E-state index is 14.0. The van der Waals surface area contributed by atoms with Crippen molar-refractivity contribution in [2.24, 2.45) is 0 Å². The minimum atomic E-state index is -0.455. The van der Waals surface area contributed by atoms with Crippen LogP contribution in [0.1, 0.15) is 12.5 Å². The van der Waals surface area contributed by atoms with Crippen molar-refractivity contribution < 1.29 is 13.9 Å². The summed E-state index contributed by atoms with van der Waals surface area (Å²) in [5, 5.41) is 0. The average Bonchev–Trinajstić information content (AvgIpc) is 3.25. The molecule has 0 saturated carbocycles.